The van der Waals surface area contributed by atoms with Gasteiger partial charge in [-0.2, -0.15) is 0 Å². The van der Waals surface area contributed by atoms with Gasteiger partial charge in [0.05, 0.1) is 12.0 Å². The Morgan fingerprint density at radius 1 is 1.11 bits per heavy atom. The number of carbonyl (C=O) groups is 1. The Bertz CT molecular complexity index is 822. The van der Waals surface area contributed by atoms with Crippen molar-refractivity contribution >= 4 is 17.4 Å². The summed E-state index contributed by atoms with van der Waals surface area (Å²) in [5.41, 5.74) is 2.27. The van der Waals surface area contributed by atoms with Crippen LogP contribution in [0.2, 0.25) is 0 Å². The fourth-order valence-electron chi connectivity index (χ4n) is 2.75. The van der Waals surface area contributed by atoms with Crippen molar-refractivity contribution in [2.75, 3.05) is 7.11 Å². The van der Waals surface area contributed by atoms with Crippen LogP contribution in [0.15, 0.2) is 59.6 Å². The molecule has 0 saturated heterocycles. The van der Waals surface area contributed by atoms with Crippen LogP contribution >= 0.6 is 0 Å². The Morgan fingerprint density at radius 2 is 1.70 bits per heavy atom. The number of rotatable bonds is 6. The highest BCUT2D eigenvalue weighted by Crippen LogP contribution is 2.24. The number of non-ortho nitro benzene ring substituents is 1. The van der Waals surface area contributed by atoms with Gasteiger partial charge in [-0.3, -0.25) is 15.1 Å². The molecule has 0 bridgehead atoms. The van der Waals surface area contributed by atoms with Crippen molar-refractivity contribution in [2.45, 2.75) is 33.2 Å². The SMILES string of the molecule is COC(=O)C(Cc1ccc([N+](=O)[O-])cc1)N=C(c1ccccc1)C(C)(C)C. The van der Waals surface area contributed by atoms with E-state index >= 15 is 0 Å². The summed E-state index contributed by atoms with van der Waals surface area (Å²) in [6.07, 6.45) is 0.303. The predicted molar refractivity (Wildman–Crippen MR) is 105 cm³/mol. The molecule has 0 aliphatic heterocycles. The molecule has 142 valence electrons. The monoisotopic (exact) mass is 368 g/mol. The molecule has 1 atom stereocenters. The van der Waals surface area contributed by atoms with E-state index in [1.165, 1.54) is 19.2 Å². The second kappa shape index (κ2) is 8.58. The maximum absolute atomic E-state index is 12.3. The molecule has 0 heterocycles. The zero-order valence-electron chi connectivity index (χ0n) is 16.0. The highest BCUT2D eigenvalue weighted by atomic mass is 16.6. The minimum Gasteiger partial charge on any atom is -0.467 e. The standard InChI is InChI=1S/C21H24N2O4/c1-21(2,3)19(16-8-6-5-7-9-16)22-18(20(24)27-4)14-15-10-12-17(13-11-15)23(25)26/h5-13,18H,14H2,1-4H3. The Balaban J connectivity index is 2.40. The first kappa shape index (κ1) is 20.3. The van der Waals surface area contributed by atoms with Gasteiger partial charge in [-0.1, -0.05) is 63.2 Å². The van der Waals surface area contributed by atoms with Gasteiger partial charge < -0.3 is 4.74 Å². The fourth-order valence-corrected chi connectivity index (χ4v) is 2.75. The predicted octanol–water partition coefficient (Wildman–Crippen LogP) is 4.21. The van der Waals surface area contributed by atoms with Crippen molar-refractivity contribution in [3.8, 4) is 0 Å². The normalized spacial score (nSPS) is 13.1. The lowest BCUT2D eigenvalue weighted by molar-refractivity contribution is -0.384. The Labute approximate surface area is 159 Å². The molecule has 0 fully saturated rings. The molecule has 2 aromatic rings. The quantitative estimate of drug-likeness (QED) is 0.331. The lowest BCUT2D eigenvalue weighted by atomic mass is 9.85. The van der Waals surface area contributed by atoms with Crippen molar-refractivity contribution in [3.63, 3.8) is 0 Å². The highest BCUT2D eigenvalue weighted by molar-refractivity contribution is 6.05. The van der Waals surface area contributed by atoms with E-state index in [4.69, 9.17) is 9.73 Å². The van der Waals surface area contributed by atoms with Crippen LogP contribution in [0.3, 0.4) is 0 Å². The summed E-state index contributed by atoms with van der Waals surface area (Å²) in [6, 6.07) is 15.1. The average molecular weight is 368 g/mol. The van der Waals surface area contributed by atoms with Gasteiger partial charge in [0.25, 0.3) is 5.69 Å². The lowest BCUT2D eigenvalue weighted by Gasteiger charge is -2.24. The fraction of sp³-hybridized carbons (Fsp3) is 0.333. The number of carbonyl (C=O) groups excluding carboxylic acids is 1. The molecule has 0 aliphatic carbocycles. The molecule has 0 N–H and O–H groups in total. The maximum atomic E-state index is 12.3. The molecule has 0 aromatic heterocycles. The summed E-state index contributed by atoms with van der Waals surface area (Å²) in [7, 11) is 1.33. The van der Waals surface area contributed by atoms with Gasteiger partial charge in [-0.25, -0.2) is 4.79 Å². The zero-order chi connectivity index (χ0) is 20.0. The van der Waals surface area contributed by atoms with Gasteiger partial charge in [0.2, 0.25) is 0 Å². The smallest absolute Gasteiger partial charge is 0.330 e. The number of aliphatic imine (C=N–C) groups is 1. The third kappa shape index (κ3) is 5.48. The maximum Gasteiger partial charge on any atom is 0.330 e. The van der Waals surface area contributed by atoms with Gasteiger partial charge in [-0.05, 0) is 11.1 Å². The largest absolute Gasteiger partial charge is 0.467 e. The van der Waals surface area contributed by atoms with Crippen molar-refractivity contribution in [1.29, 1.82) is 0 Å². The van der Waals surface area contributed by atoms with Crippen LogP contribution in [0, 0.1) is 15.5 Å². The van der Waals surface area contributed by atoms with Crippen molar-refractivity contribution in [2.24, 2.45) is 10.4 Å². The first-order chi connectivity index (χ1) is 12.7. The van der Waals surface area contributed by atoms with E-state index in [1.807, 2.05) is 51.1 Å². The van der Waals surface area contributed by atoms with E-state index in [2.05, 4.69) is 0 Å². The van der Waals surface area contributed by atoms with E-state index in [1.54, 1.807) is 12.1 Å². The minimum absolute atomic E-state index is 0.0107. The molecule has 0 spiro atoms. The van der Waals surface area contributed by atoms with Gasteiger partial charge >= 0.3 is 5.97 Å². The van der Waals surface area contributed by atoms with Crippen molar-refractivity contribution in [1.82, 2.24) is 0 Å². The van der Waals surface area contributed by atoms with Crippen LogP contribution in [0.1, 0.15) is 31.9 Å². The number of nitrogens with zero attached hydrogens (tertiary/aromatic N) is 2. The summed E-state index contributed by atoms with van der Waals surface area (Å²) < 4.78 is 4.94. The van der Waals surface area contributed by atoms with Crippen LogP contribution in [0.4, 0.5) is 5.69 Å². The number of hydrogen-bond donors (Lipinski definition) is 0. The minimum atomic E-state index is -0.731. The second-order valence-electron chi connectivity index (χ2n) is 7.26. The summed E-state index contributed by atoms with van der Waals surface area (Å²) in [5, 5.41) is 10.8. The van der Waals surface area contributed by atoms with Crippen LogP contribution in [0.25, 0.3) is 0 Å². The lowest BCUT2D eigenvalue weighted by Crippen LogP contribution is -2.29. The average Bonchev–Trinajstić information content (AvgIpc) is 2.64. The molecule has 6 heteroatoms. The molecule has 0 radical (unpaired) electrons. The molecule has 2 aromatic carbocycles. The number of benzene rings is 2. The molecular formula is C21H24N2O4. The number of nitro benzene ring substituents is 1. The van der Waals surface area contributed by atoms with E-state index in [0.717, 1.165) is 16.8 Å². The molecule has 0 saturated carbocycles. The Kier molecular flexibility index (Phi) is 6.45. The van der Waals surface area contributed by atoms with E-state index in [9.17, 15) is 14.9 Å². The summed E-state index contributed by atoms with van der Waals surface area (Å²) >= 11 is 0. The molecule has 27 heavy (non-hydrogen) atoms. The first-order valence-corrected chi connectivity index (χ1v) is 8.67. The van der Waals surface area contributed by atoms with Crippen LogP contribution in [-0.4, -0.2) is 29.8 Å². The number of nitro groups is 1. The first-order valence-electron chi connectivity index (χ1n) is 8.67. The van der Waals surface area contributed by atoms with Gasteiger partial charge in [0, 0.05) is 29.7 Å². The van der Waals surface area contributed by atoms with Gasteiger partial charge in [0.15, 0.2) is 6.04 Å². The van der Waals surface area contributed by atoms with Crippen LogP contribution < -0.4 is 0 Å². The third-order valence-corrected chi connectivity index (χ3v) is 4.09. The topological polar surface area (TPSA) is 81.8 Å². The number of hydrogen-bond acceptors (Lipinski definition) is 5. The Hall–Kier alpha value is -3.02. The van der Waals surface area contributed by atoms with Gasteiger partial charge in [0.1, 0.15) is 0 Å². The van der Waals surface area contributed by atoms with E-state index in [0.29, 0.717) is 6.42 Å². The number of ether oxygens (including phenoxy) is 1. The summed E-state index contributed by atoms with van der Waals surface area (Å²) in [6.45, 7) is 6.12. The van der Waals surface area contributed by atoms with Crippen molar-refractivity contribution in [3.05, 3.63) is 75.8 Å². The van der Waals surface area contributed by atoms with Crippen LogP contribution in [0.5, 0.6) is 0 Å². The van der Waals surface area contributed by atoms with Crippen LogP contribution in [-0.2, 0) is 16.0 Å². The molecular weight excluding hydrogens is 344 g/mol. The number of esters is 1. The zero-order valence-corrected chi connectivity index (χ0v) is 16.0. The molecule has 0 amide bonds. The Morgan fingerprint density at radius 3 is 2.19 bits per heavy atom. The van der Waals surface area contributed by atoms with Gasteiger partial charge in [-0.15, -0.1) is 0 Å². The summed E-state index contributed by atoms with van der Waals surface area (Å²) in [5.74, 6) is -0.439. The second-order valence-corrected chi connectivity index (χ2v) is 7.26. The molecule has 6 nitrogen and oxygen atoms in total. The van der Waals surface area contributed by atoms with Crippen molar-refractivity contribution < 1.29 is 14.5 Å². The number of methoxy groups -OCH3 is 1. The summed E-state index contributed by atoms with van der Waals surface area (Å²) in [4.78, 5) is 27.5. The van der Waals surface area contributed by atoms with E-state index < -0.39 is 16.9 Å². The molecule has 2 rings (SSSR count). The molecule has 1 unspecified atom stereocenters. The van der Waals surface area contributed by atoms with E-state index in [-0.39, 0.29) is 11.1 Å². The molecule has 0 aliphatic rings. The highest BCUT2D eigenvalue weighted by Gasteiger charge is 2.26. The third-order valence-electron chi connectivity index (χ3n) is 4.09.